The molecule has 6 nitrogen and oxygen atoms in total. The lowest BCUT2D eigenvalue weighted by molar-refractivity contribution is -0.113. The maximum Gasteiger partial charge on any atom is 0.234 e. The number of methoxy groups -OCH3 is 1. The smallest absolute Gasteiger partial charge is 0.234 e. The van der Waals surface area contributed by atoms with E-state index in [4.69, 9.17) is 16.3 Å². The van der Waals surface area contributed by atoms with E-state index in [0.717, 1.165) is 11.8 Å². The van der Waals surface area contributed by atoms with Gasteiger partial charge in [-0.2, -0.15) is 0 Å². The second-order valence-electron chi connectivity index (χ2n) is 6.78. The number of halogens is 3. The van der Waals surface area contributed by atoms with E-state index in [1.165, 1.54) is 37.4 Å². The Labute approximate surface area is 197 Å². The molecule has 0 aliphatic heterocycles. The quantitative estimate of drug-likeness (QED) is 0.344. The van der Waals surface area contributed by atoms with Crippen molar-refractivity contribution in [2.24, 2.45) is 0 Å². The van der Waals surface area contributed by atoms with Crippen LogP contribution in [-0.2, 0) is 4.79 Å². The SMILES string of the molecule is COc1ccc(Cl)cc1NC(=O)CSc1nnc(-c2ccccc2F)n1-c1ccc(F)cc1. The molecule has 0 fully saturated rings. The number of carbonyl (C=O) groups excluding carboxylic acids is 1. The standard InChI is InChI=1S/C23H17ClF2N4O2S/c1-32-20-11-6-14(24)12-19(20)27-21(31)13-33-23-29-28-22(17-4-2-3-5-18(17)26)30(23)16-9-7-15(25)8-10-16/h2-12H,13H2,1H3,(H,27,31). The third-order valence-corrected chi connectivity index (χ3v) is 5.76. The van der Waals surface area contributed by atoms with Crippen molar-refractivity contribution < 1.29 is 18.3 Å². The average Bonchev–Trinajstić information content (AvgIpc) is 3.22. The van der Waals surface area contributed by atoms with E-state index >= 15 is 0 Å². The summed E-state index contributed by atoms with van der Waals surface area (Å²) in [6, 6.07) is 16.7. The Morgan fingerprint density at radius 1 is 1.09 bits per heavy atom. The van der Waals surface area contributed by atoms with Gasteiger partial charge in [-0.05, 0) is 54.6 Å². The Hall–Kier alpha value is -3.43. The van der Waals surface area contributed by atoms with Crippen LogP contribution >= 0.6 is 23.4 Å². The Kier molecular flexibility index (Phi) is 6.90. The largest absolute Gasteiger partial charge is 0.495 e. The van der Waals surface area contributed by atoms with Crippen LogP contribution in [-0.4, -0.2) is 33.5 Å². The molecule has 0 unspecified atom stereocenters. The van der Waals surface area contributed by atoms with E-state index in [9.17, 15) is 13.6 Å². The van der Waals surface area contributed by atoms with Crippen molar-refractivity contribution in [3.63, 3.8) is 0 Å². The number of nitrogens with one attached hydrogen (secondary N) is 1. The maximum atomic E-state index is 14.5. The molecule has 168 valence electrons. The van der Waals surface area contributed by atoms with Crippen LogP contribution in [0.5, 0.6) is 5.75 Å². The molecule has 0 spiro atoms. The van der Waals surface area contributed by atoms with Crippen molar-refractivity contribution in [1.29, 1.82) is 0 Å². The minimum Gasteiger partial charge on any atom is -0.495 e. The van der Waals surface area contributed by atoms with Crippen LogP contribution < -0.4 is 10.1 Å². The fraction of sp³-hybridized carbons (Fsp3) is 0.0870. The van der Waals surface area contributed by atoms with Gasteiger partial charge < -0.3 is 10.1 Å². The number of amides is 1. The molecule has 0 bridgehead atoms. The molecule has 3 aromatic carbocycles. The van der Waals surface area contributed by atoms with E-state index < -0.39 is 11.6 Å². The van der Waals surface area contributed by atoms with Crippen molar-refractivity contribution in [2.45, 2.75) is 5.16 Å². The lowest BCUT2D eigenvalue weighted by atomic mass is 10.2. The molecule has 1 aromatic heterocycles. The highest BCUT2D eigenvalue weighted by Crippen LogP contribution is 2.31. The highest BCUT2D eigenvalue weighted by atomic mass is 35.5. The second-order valence-corrected chi connectivity index (χ2v) is 8.16. The topological polar surface area (TPSA) is 69.0 Å². The summed E-state index contributed by atoms with van der Waals surface area (Å²) in [7, 11) is 1.49. The first kappa shape index (κ1) is 22.8. The Morgan fingerprint density at radius 2 is 1.85 bits per heavy atom. The molecule has 1 amide bonds. The lowest BCUT2D eigenvalue weighted by Crippen LogP contribution is -2.15. The van der Waals surface area contributed by atoms with E-state index in [1.54, 1.807) is 41.0 Å². The molecule has 0 radical (unpaired) electrons. The van der Waals surface area contributed by atoms with E-state index in [0.29, 0.717) is 27.3 Å². The average molecular weight is 487 g/mol. The van der Waals surface area contributed by atoms with Gasteiger partial charge in [0.25, 0.3) is 0 Å². The number of hydrogen-bond acceptors (Lipinski definition) is 5. The van der Waals surface area contributed by atoms with E-state index in [-0.39, 0.29) is 23.0 Å². The number of hydrogen-bond donors (Lipinski definition) is 1. The van der Waals surface area contributed by atoms with Crippen LogP contribution in [0.25, 0.3) is 17.1 Å². The van der Waals surface area contributed by atoms with Crippen LogP contribution in [0.4, 0.5) is 14.5 Å². The normalized spacial score (nSPS) is 10.8. The first-order valence-electron chi connectivity index (χ1n) is 9.68. The lowest BCUT2D eigenvalue weighted by Gasteiger charge is -2.12. The Morgan fingerprint density at radius 3 is 2.58 bits per heavy atom. The highest BCUT2D eigenvalue weighted by Gasteiger charge is 2.20. The fourth-order valence-corrected chi connectivity index (χ4v) is 4.02. The van der Waals surface area contributed by atoms with Gasteiger partial charge in [-0.25, -0.2) is 8.78 Å². The molecule has 1 heterocycles. The zero-order chi connectivity index (χ0) is 23.4. The molecule has 4 aromatic rings. The predicted molar refractivity (Wildman–Crippen MR) is 124 cm³/mol. The summed E-state index contributed by atoms with van der Waals surface area (Å²) in [5.41, 5.74) is 1.19. The van der Waals surface area contributed by atoms with Gasteiger partial charge in [-0.15, -0.1) is 10.2 Å². The van der Waals surface area contributed by atoms with Gasteiger partial charge in [0.2, 0.25) is 5.91 Å². The molecule has 0 aliphatic rings. The number of thioether (sulfide) groups is 1. The second kappa shape index (κ2) is 10.0. The molecule has 1 N–H and O–H groups in total. The van der Waals surface area contributed by atoms with Crippen molar-refractivity contribution in [2.75, 3.05) is 18.2 Å². The van der Waals surface area contributed by atoms with Crippen molar-refractivity contribution in [3.8, 4) is 22.8 Å². The van der Waals surface area contributed by atoms with Gasteiger partial charge in [0, 0.05) is 10.7 Å². The Bertz CT molecular complexity index is 1300. The summed E-state index contributed by atoms with van der Waals surface area (Å²) in [4.78, 5) is 12.6. The summed E-state index contributed by atoms with van der Waals surface area (Å²) >= 11 is 7.11. The van der Waals surface area contributed by atoms with E-state index in [1.807, 2.05) is 0 Å². The van der Waals surface area contributed by atoms with Gasteiger partial charge in [0.05, 0.1) is 24.1 Å². The summed E-state index contributed by atoms with van der Waals surface area (Å²) in [6.07, 6.45) is 0. The first-order valence-corrected chi connectivity index (χ1v) is 11.0. The minimum atomic E-state index is -0.476. The number of nitrogens with zero attached hydrogens (tertiary/aromatic N) is 3. The molecule has 10 heteroatoms. The third-order valence-electron chi connectivity index (χ3n) is 4.60. The van der Waals surface area contributed by atoms with Crippen molar-refractivity contribution >= 4 is 35.0 Å². The van der Waals surface area contributed by atoms with Gasteiger partial charge >= 0.3 is 0 Å². The van der Waals surface area contributed by atoms with Crippen LogP contribution in [0.15, 0.2) is 71.9 Å². The zero-order valence-corrected chi connectivity index (χ0v) is 18.8. The van der Waals surface area contributed by atoms with Gasteiger partial charge in [-0.3, -0.25) is 9.36 Å². The summed E-state index contributed by atoms with van der Waals surface area (Å²) in [6.45, 7) is 0. The number of carbonyl (C=O) groups is 1. The van der Waals surface area contributed by atoms with Crippen LogP contribution in [0.1, 0.15) is 0 Å². The number of ether oxygens (including phenoxy) is 1. The molecule has 0 saturated heterocycles. The maximum absolute atomic E-state index is 14.5. The van der Waals surface area contributed by atoms with Crippen molar-refractivity contribution in [3.05, 3.63) is 83.4 Å². The number of benzene rings is 3. The first-order chi connectivity index (χ1) is 16.0. The third kappa shape index (κ3) is 5.15. The molecular formula is C23H17ClF2N4O2S. The summed E-state index contributed by atoms with van der Waals surface area (Å²) in [5.74, 6) is -0.541. The predicted octanol–water partition coefficient (Wildman–Crippen LogP) is 5.61. The van der Waals surface area contributed by atoms with Gasteiger partial charge in [0.15, 0.2) is 11.0 Å². The fourth-order valence-electron chi connectivity index (χ4n) is 3.10. The molecule has 0 aliphatic carbocycles. The number of anilines is 1. The van der Waals surface area contributed by atoms with Gasteiger partial charge in [-0.1, -0.05) is 35.5 Å². The molecule has 4 rings (SSSR count). The summed E-state index contributed by atoms with van der Waals surface area (Å²) < 4.78 is 34.8. The molecule has 33 heavy (non-hydrogen) atoms. The van der Waals surface area contributed by atoms with Crippen molar-refractivity contribution in [1.82, 2.24) is 14.8 Å². The molecule has 0 saturated carbocycles. The van der Waals surface area contributed by atoms with Crippen LogP contribution in [0.2, 0.25) is 5.02 Å². The number of aromatic nitrogens is 3. The van der Waals surface area contributed by atoms with E-state index in [2.05, 4.69) is 15.5 Å². The molecule has 0 atom stereocenters. The number of rotatable bonds is 7. The molecular weight excluding hydrogens is 470 g/mol. The summed E-state index contributed by atoms with van der Waals surface area (Å²) in [5, 5.41) is 11.8. The minimum absolute atomic E-state index is 0.0216. The highest BCUT2D eigenvalue weighted by molar-refractivity contribution is 7.99. The zero-order valence-electron chi connectivity index (χ0n) is 17.3. The van der Waals surface area contributed by atoms with Gasteiger partial charge in [0.1, 0.15) is 17.4 Å². The van der Waals surface area contributed by atoms with Crippen LogP contribution in [0, 0.1) is 11.6 Å². The monoisotopic (exact) mass is 486 g/mol. The Balaban J connectivity index is 1.62. The van der Waals surface area contributed by atoms with Crippen LogP contribution in [0.3, 0.4) is 0 Å².